The van der Waals surface area contributed by atoms with Crippen molar-refractivity contribution >= 4 is 35.1 Å². The summed E-state index contributed by atoms with van der Waals surface area (Å²) in [5.74, 6) is -0.00921. The lowest BCUT2D eigenvalue weighted by Crippen LogP contribution is -2.48. The number of ether oxygens (including phenoxy) is 1. The average molecular weight is 600 g/mol. The minimum absolute atomic E-state index is 0.0326. The van der Waals surface area contributed by atoms with Crippen LogP contribution in [-0.4, -0.2) is 77.1 Å². The zero-order chi connectivity index (χ0) is 31.2. The Hall–Kier alpha value is -5.13. The van der Waals surface area contributed by atoms with E-state index in [9.17, 15) is 19.5 Å². The molecular weight excluding hydrogens is 562 g/mol. The molecule has 12 nitrogen and oxygen atoms in total. The molecule has 5 N–H and O–H groups in total. The second-order valence-corrected chi connectivity index (χ2v) is 11.0. The van der Waals surface area contributed by atoms with E-state index in [1.807, 2.05) is 34.1 Å². The van der Waals surface area contributed by atoms with E-state index in [0.29, 0.717) is 42.7 Å². The number of nitrogens with two attached hydrogens (primary N) is 1. The van der Waals surface area contributed by atoms with E-state index < -0.39 is 11.9 Å². The minimum atomic E-state index is -0.988. The van der Waals surface area contributed by atoms with E-state index >= 15 is 0 Å². The molecule has 2 aromatic carbocycles. The molecule has 0 radical (unpaired) electrons. The molecule has 5 rings (SSSR count). The third-order valence-electron chi connectivity index (χ3n) is 8.19. The molecule has 12 heteroatoms. The van der Waals surface area contributed by atoms with Crippen molar-refractivity contribution < 1.29 is 24.2 Å². The predicted molar refractivity (Wildman–Crippen MR) is 166 cm³/mol. The first-order chi connectivity index (χ1) is 21.2. The lowest BCUT2D eigenvalue weighted by atomic mass is 9.89. The van der Waals surface area contributed by atoms with Gasteiger partial charge in [-0.05, 0) is 73.6 Å². The fourth-order valence-electron chi connectivity index (χ4n) is 5.71. The van der Waals surface area contributed by atoms with Gasteiger partial charge in [0.1, 0.15) is 17.3 Å². The number of aliphatic carboxylic acids is 1. The number of piperidine rings is 2. The van der Waals surface area contributed by atoms with Gasteiger partial charge in [0.05, 0.1) is 13.3 Å². The van der Waals surface area contributed by atoms with E-state index in [1.54, 1.807) is 31.4 Å². The first-order valence-corrected chi connectivity index (χ1v) is 14.6. The quantitative estimate of drug-likeness (QED) is 0.254. The molecule has 0 aliphatic carbocycles. The van der Waals surface area contributed by atoms with E-state index in [4.69, 9.17) is 15.5 Å². The average Bonchev–Trinajstić information content (AvgIpc) is 3.05. The van der Waals surface area contributed by atoms with Gasteiger partial charge in [0.25, 0.3) is 11.8 Å². The van der Waals surface area contributed by atoms with Crippen LogP contribution in [-0.2, 0) is 4.79 Å². The van der Waals surface area contributed by atoms with Gasteiger partial charge in [-0.2, -0.15) is 0 Å². The number of benzene rings is 2. The van der Waals surface area contributed by atoms with Crippen LogP contribution in [0.1, 0.15) is 58.0 Å². The van der Waals surface area contributed by atoms with Gasteiger partial charge >= 0.3 is 5.97 Å². The summed E-state index contributed by atoms with van der Waals surface area (Å²) in [6, 6.07) is 14.8. The van der Waals surface area contributed by atoms with Crippen molar-refractivity contribution in [2.45, 2.75) is 37.6 Å². The summed E-state index contributed by atoms with van der Waals surface area (Å²) < 4.78 is 5.17. The maximum Gasteiger partial charge on any atom is 0.351 e. The molecular formula is C32H37N7O5. The molecule has 1 aromatic heterocycles. The smallest absolute Gasteiger partial charge is 0.351 e. The highest BCUT2D eigenvalue weighted by atomic mass is 16.5. The summed E-state index contributed by atoms with van der Waals surface area (Å²) in [5.41, 5.74) is 8.22. The number of carbonyl (C=O) groups excluding carboxylic acids is 2. The van der Waals surface area contributed by atoms with Crippen molar-refractivity contribution in [3.63, 3.8) is 0 Å². The van der Waals surface area contributed by atoms with Crippen LogP contribution in [0.5, 0.6) is 5.75 Å². The molecule has 44 heavy (non-hydrogen) atoms. The maximum atomic E-state index is 12.8. The number of carboxylic acids is 1. The lowest BCUT2D eigenvalue weighted by Gasteiger charge is -2.34. The van der Waals surface area contributed by atoms with Crippen molar-refractivity contribution in [1.29, 1.82) is 0 Å². The monoisotopic (exact) mass is 599 g/mol. The van der Waals surface area contributed by atoms with Crippen LogP contribution < -0.4 is 26.0 Å². The Morgan fingerprint density at radius 3 is 2.36 bits per heavy atom. The zero-order valence-corrected chi connectivity index (χ0v) is 24.7. The number of carbonyl (C=O) groups is 3. The number of nitrogens with one attached hydrogen (secondary N) is 2. The fraction of sp³-hybridized carbons (Fsp3) is 0.344. The van der Waals surface area contributed by atoms with Gasteiger partial charge in [0, 0.05) is 43.5 Å². The Kier molecular flexibility index (Phi) is 9.27. The molecule has 2 saturated heterocycles. The number of nitrogens with zero attached hydrogens (tertiary/aromatic N) is 4. The standard InChI is InChI=1S/C32H37N7O5/c1-20(32(42)43)38-16-13-22(14-17-38)21-5-9-24(10-6-21)35-30-28(29(33)40)34-18-27(37-30)39-15-3-4-25(19-39)36-31(41)23-7-11-26(44-2)12-8-23/h5-12,18,22,25H,1,3-4,13-17,19H2,2H3,(H2,33,40)(H,35,37)(H,36,41)(H,42,43)/t25-/m1/s1. The summed E-state index contributed by atoms with van der Waals surface area (Å²) in [7, 11) is 1.58. The zero-order valence-electron chi connectivity index (χ0n) is 24.7. The van der Waals surface area contributed by atoms with Gasteiger partial charge in [-0.3, -0.25) is 9.59 Å². The molecule has 3 aromatic rings. The van der Waals surface area contributed by atoms with Crippen molar-refractivity contribution in [2.75, 3.05) is 43.5 Å². The molecule has 0 spiro atoms. The molecule has 2 aliphatic rings. The molecule has 2 amide bonds. The Morgan fingerprint density at radius 2 is 1.73 bits per heavy atom. The predicted octanol–water partition coefficient (Wildman–Crippen LogP) is 3.50. The Bertz CT molecular complexity index is 1520. The van der Waals surface area contributed by atoms with Crippen LogP contribution in [0, 0.1) is 0 Å². The highest BCUT2D eigenvalue weighted by molar-refractivity contribution is 5.96. The van der Waals surface area contributed by atoms with Crippen molar-refractivity contribution in [2.24, 2.45) is 5.73 Å². The number of primary amides is 1. The largest absolute Gasteiger partial charge is 0.497 e. The maximum absolute atomic E-state index is 12.8. The van der Waals surface area contributed by atoms with Gasteiger partial charge < -0.3 is 36.0 Å². The number of rotatable bonds is 10. The number of anilines is 3. The van der Waals surface area contributed by atoms with Crippen molar-refractivity contribution in [3.8, 4) is 5.75 Å². The van der Waals surface area contributed by atoms with Gasteiger partial charge in [0.2, 0.25) is 0 Å². The van der Waals surface area contributed by atoms with Gasteiger partial charge in [-0.15, -0.1) is 0 Å². The Morgan fingerprint density at radius 1 is 1.02 bits per heavy atom. The van der Waals surface area contributed by atoms with Gasteiger partial charge in [-0.25, -0.2) is 14.8 Å². The summed E-state index contributed by atoms with van der Waals surface area (Å²) in [5, 5.41) is 15.5. The highest BCUT2D eigenvalue weighted by Crippen LogP contribution is 2.31. The topological polar surface area (TPSA) is 163 Å². The third-order valence-corrected chi connectivity index (χ3v) is 8.19. The molecule has 2 aliphatic heterocycles. The normalized spacial score (nSPS) is 17.1. The van der Waals surface area contributed by atoms with Gasteiger partial charge in [0.15, 0.2) is 11.5 Å². The fourth-order valence-corrected chi connectivity index (χ4v) is 5.71. The SMILES string of the molecule is C=C(C(=O)O)N1CCC(c2ccc(Nc3nc(N4CCC[C@@H](NC(=O)c5ccc(OC)cc5)C4)cnc3C(N)=O)cc2)CC1. The van der Waals surface area contributed by atoms with Gasteiger partial charge in [-0.1, -0.05) is 18.7 Å². The van der Waals surface area contributed by atoms with E-state index in [0.717, 1.165) is 43.5 Å². The van der Waals surface area contributed by atoms with Crippen LogP contribution in [0.4, 0.5) is 17.3 Å². The van der Waals surface area contributed by atoms with Crippen molar-refractivity contribution in [3.05, 3.63) is 83.8 Å². The number of carboxylic acid groups (broad SMARTS) is 1. The van der Waals surface area contributed by atoms with Crippen LogP contribution >= 0.6 is 0 Å². The summed E-state index contributed by atoms with van der Waals surface area (Å²) in [6.07, 6.45) is 4.87. The van der Waals surface area contributed by atoms with Crippen molar-refractivity contribution in [1.82, 2.24) is 20.2 Å². The Balaban J connectivity index is 1.24. The van der Waals surface area contributed by atoms with Crippen LogP contribution in [0.2, 0.25) is 0 Å². The third kappa shape index (κ3) is 7.08. The molecule has 1 atom stereocenters. The highest BCUT2D eigenvalue weighted by Gasteiger charge is 2.26. The summed E-state index contributed by atoms with van der Waals surface area (Å²) in [4.78, 5) is 49.2. The number of likely N-dealkylation sites (tertiary alicyclic amines) is 1. The minimum Gasteiger partial charge on any atom is -0.497 e. The second kappa shape index (κ2) is 13.4. The molecule has 230 valence electrons. The molecule has 3 heterocycles. The van der Waals surface area contributed by atoms with E-state index in [-0.39, 0.29) is 29.2 Å². The summed E-state index contributed by atoms with van der Waals surface area (Å²) in [6.45, 7) is 6.22. The molecule has 0 bridgehead atoms. The number of amides is 2. The van der Waals surface area contributed by atoms with Crippen LogP contribution in [0.15, 0.2) is 67.0 Å². The Labute approximate surface area is 255 Å². The number of methoxy groups -OCH3 is 1. The molecule has 2 fully saturated rings. The van der Waals surface area contributed by atoms with Crippen LogP contribution in [0.3, 0.4) is 0 Å². The van der Waals surface area contributed by atoms with E-state index in [1.165, 1.54) is 6.20 Å². The second-order valence-electron chi connectivity index (χ2n) is 11.0. The lowest BCUT2D eigenvalue weighted by molar-refractivity contribution is -0.134. The molecule has 0 saturated carbocycles. The number of aromatic nitrogens is 2. The number of hydrogen-bond donors (Lipinski definition) is 4. The summed E-state index contributed by atoms with van der Waals surface area (Å²) >= 11 is 0. The first kappa shape index (κ1) is 30.3. The van der Waals surface area contributed by atoms with E-state index in [2.05, 4.69) is 22.2 Å². The number of hydrogen-bond acceptors (Lipinski definition) is 9. The van der Waals surface area contributed by atoms with Crippen LogP contribution in [0.25, 0.3) is 0 Å². The first-order valence-electron chi connectivity index (χ1n) is 14.6. The molecule has 0 unspecified atom stereocenters.